The van der Waals surface area contributed by atoms with Crippen molar-refractivity contribution in [1.82, 2.24) is 0 Å². The van der Waals surface area contributed by atoms with Crippen LogP contribution in [0.15, 0.2) is 22.8 Å². The smallest absolute Gasteiger partial charge is 0.329 e. The minimum atomic E-state index is -1.24. The lowest BCUT2D eigenvalue weighted by atomic mass is 9.77. The predicted molar refractivity (Wildman–Crippen MR) is 89.7 cm³/mol. The summed E-state index contributed by atoms with van der Waals surface area (Å²) in [6, 6.07) is 3.65. The van der Waals surface area contributed by atoms with Crippen molar-refractivity contribution in [3.63, 3.8) is 0 Å². The first-order valence-corrected chi connectivity index (χ1v) is 8.42. The summed E-state index contributed by atoms with van der Waals surface area (Å²) < 4.78 is 0. The molecule has 1 atom stereocenters. The van der Waals surface area contributed by atoms with Crippen LogP contribution in [0.2, 0.25) is 0 Å². The average Bonchev–Trinajstić information content (AvgIpc) is 2.76. The normalized spacial score (nSPS) is 21.6. The van der Waals surface area contributed by atoms with Crippen molar-refractivity contribution in [2.45, 2.75) is 65.2 Å². The maximum absolute atomic E-state index is 12.3. The van der Waals surface area contributed by atoms with Crippen LogP contribution in [0, 0.1) is 28.1 Å². The van der Waals surface area contributed by atoms with Gasteiger partial charge in [0.25, 0.3) is 0 Å². The summed E-state index contributed by atoms with van der Waals surface area (Å²) in [7, 11) is 0. The lowest BCUT2D eigenvalue weighted by Crippen LogP contribution is -2.16. The summed E-state index contributed by atoms with van der Waals surface area (Å²) in [6.07, 6.45) is 8.27. The van der Waals surface area contributed by atoms with Gasteiger partial charge >= 0.3 is 5.97 Å². The number of carboxylic acid groups (broad SMARTS) is 1. The molecule has 0 radical (unpaired) electrons. The van der Waals surface area contributed by atoms with E-state index in [9.17, 15) is 20.1 Å². The molecule has 0 amide bonds. The Hall–Kier alpha value is -2.40. The molecule has 1 aliphatic rings. The first-order chi connectivity index (χ1) is 11.4. The molecule has 1 aliphatic carbocycles. The van der Waals surface area contributed by atoms with Crippen molar-refractivity contribution in [3.05, 3.63) is 22.8 Å². The second-order valence-corrected chi connectivity index (χ2v) is 6.55. The average molecular weight is 328 g/mol. The number of rotatable bonds is 8. The van der Waals surface area contributed by atoms with Crippen LogP contribution in [0.5, 0.6) is 0 Å². The third-order valence-corrected chi connectivity index (χ3v) is 4.55. The van der Waals surface area contributed by atoms with Crippen molar-refractivity contribution in [1.29, 1.82) is 10.5 Å². The van der Waals surface area contributed by atoms with E-state index in [1.807, 2.05) is 19.1 Å². The molecule has 24 heavy (non-hydrogen) atoms. The highest BCUT2D eigenvalue weighted by molar-refractivity contribution is 6.08. The lowest BCUT2D eigenvalue weighted by Gasteiger charge is -2.25. The van der Waals surface area contributed by atoms with Crippen molar-refractivity contribution in [2.24, 2.45) is 5.41 Å². The summed E-state index contributed by atoms with van der Waals surface area (Å²) in [5.74, 6) is -1.54. The third kappa shape index (κ3) is 4.80. The van der Waals surface area contributed by atoms with E-state index in [4.69, 9.17) is 5.11 Å². The molecule has 1 unspecified atom stereocenters. The van der Waals surface area contributed by atoms with Gasteiger partial charge in [-0.15, -0.1) is 0 Å². The van der Waals surface area contributed by atoms with Crippen LogP contribution in [0.1, 0.15) is 65.2 Å². The van der Waals surface area contributed by atoms with E-state index < -0.39 is 11.4 Å². The van der Waals surface area contributed by atoms with Crippen LogP contribution >= 0.6 is 0 Å². The molecule has 1 saturated carbocycles. The number of aliphatic carboxylic acids is 1. The monoisotopic (exact) mass is 328 g/mol. The molecule has 0 aliphatic heterocycles. The number of carbonyl (C=O) groups excluding carboxylic acids is 1. The van der Waals surface area contributed by atoms with Crippen molar-refractivity contribution >= 4 is 11.8 Å². The van der Waals surface area contributed by atoms with Crippen molar-refractivity contribution < 1.29 is 14.7 Å². The standard InChI is InChI=1S/C19H24N2O3/c1-3-4-5-6-7-8-9-19(2)11-16(22)15(10-17(23)24)18(19)14(12-20)13-21/h10H,3-9,11H2,1-2H3,(H,23,24)/b15-10+. The summed E-state index contributed by atoms with van der Waals surface area (Å²) in [5, 5.41) is 27.4. The SMILES string of the molecule is CCCCCCCCC1(C)CC(=O)/C(=C\C(=O)O)C1=C(C#N)C#N. The molecule has 128 valence electrons. The molecular formula is C19H24N2O3. The molecule has 1 fully saturated rings. The topological polar surface area (TPSA) is 102 Å². The summed E-state index contributed by atoms with van der Waals surface area (Å²) in [4.78, 5) is 23.3. The fourth-order valence-electron chi connectivity index (χ4n) is 3.36. The number of nitrogens with zero attached hydrogens (tertiary/aromatic N) is 2. The Morgan fingerprint density at radius 3 is 2.33 bits per heavy atom. The number of hydrogen-bond acceptors (Lipinski definition) is 4. The number of ketones is 1. The zero-order valence-corrected chi connectivity index (χ0v) is 14.4. The lowest BCUT2D eigenvalue weighted by molar-refractivity contribution is -0.131. The Balaban J connectivity index is 3.02. The molecule has 0 saturated heterocycles. The molecule has 5 nitrogen and oxygen atoms in total. The zero-order valence-electron chi connectivity index (χ0n) is 14.4. The van der Waals surface area contributed by atoms with Gasteiger partial charge in [-0.05, 0) is 12.0 Å². The molecular weight excluding hydrogens is 304 g/mol. The van der Waals surface area contributed by atoms with Gasteiger partial charge in [0, 0.05) is 23.5 Å². The molecule has 0 aromatic carbocycles. The van der Waals surface area contributed by atoms with Crippen LogP contribution in [0.25, 0.3) is 0 Å². The third-order valence-electron chi connectivity index (χ3n) is 4.55. The number of nitriles is 2. The van der Waals surface area contributed by atoms with Gasteiger partial charge in [-0.3, -0.25) is 4.79 Å². The Morgan fingerprint density at radius 1 is 1.21 bits per heavy atom. The highest BCUT2D eigenvalue weighted by Gasteiger charge is 2.44. The maximum atomic E-state index is 12.3. The number of Topliss-reactive ketones (excluding diaryl/α,β-unsaturated/α-hetero) is 1. The number of allylic oxidation sites excluding steroid dienone is 3. The van der Waals surface area contributed by atoms with E-state index in [0.717, 1.165) is 25.3 Å². The van der Waals surface area contributed by atoms with Gasteiger partial charge in [0.1, 0.15) is 17.7 Å². The molecule has 0 aromatic heterocycles. The number of hydrogen-bond donors (Lipinski definition) is 1. The molecule has 0 heterocycles. The van der Waals surface area contributed by atoms with E-state index in [-0.39, 0.29) is 23.4 Å². The number of unbranched alkanes of at least 4 members (excludes halogenated alkanes) is 5. The van der Waals surface area contributed by atoms with Crippen LogP contribution in [-0.2, 0) is 9.59 Å². The van der Waals surface area contributed by atoms with E-state index in [0.29, 0.717) is 12.0 Å². The van der Waals surface area contributed by atoms with Crippen LogP contribution < -0.4 is 0 Å². The van der Waals surface area contributed by atoms with Gasteiger partial charge in [-0.2, -0.15) is 10.5 Å². The molecule has 0 aromatic rings. The van der Waals surface area contributed by atoms with E-state index >= 15 is 0 Å². The summed E-state index contributed by atoms with van der Waals surface area (Å²) in [5.41, 5.74) is -0.464. The molecule has 1 rings (SSSR count). The quantitative estimate of drug-likeness (QED) is 0.411. The zero-order chi connectivity index (χ0) is 18.2. The van der Waals surface area contributed by atoms with Gasteiger partial charge in [-0.25, -0.2) is 4.79 Å². The molecule has 1 N–H and O–H groups in total. The Labute approximate surface area is 143 Å². The largest absolute Gasteiger partial charge is 0.478 e. The van der Waals surface area contributed by atoms with Crippen molar-refractivity contribution in [3.8, 4) is 12.1 Å². The van der Waals surface area contributed by atoms with Gasteiger partial charge < -0.3 is 5.11 Å². The van der Waals surface area contributed by atoms with E-state index in [1.54, 1.807) is 0 Å². The fourth-order valence-corrected chi connectivity index (χ4v) is 3.36. The van der Waals surface area contributed by atoms with E-state index in [2.05, 4.69) is 6.92 Å². The molecule has 0 spiro atoms. The van der Waals surface area contributed by atoms with Gasteiger partial charge in [-0.1, -0.05) is 52.4 Å². The van der Waals surface area contributed by atoms with Crippen LogP contribution in [-0.4, -0.2) is 16.9 Å². The van der Waals surface area contributed by atoms with Gasteiger partial charge in [0.05, 0.1) is 0 Å². The second kappa shape index (κ2) is 9.03. The first-order valence-electron chi connectivity index (χ1n) is 8.42. The van der Waals surface area contributed by atoms with Crippen LogP contribution in [0.4, 0.5) is 0 Å². The Bertz CT molecular complexity index is 631. The van der Waals surface area contributed by atoms with Crippen molar-refractivity contribution in [2.75, 3.05) is 0 Å². The highest BCUT2D eigenvalue weighted by Crippen LogP contribution is 2.48. The predicted octanol–water partition coefficient (Wildman–Crippen LogP) is 4.07. The summed E-state index contributed by atoms with van der Waals surface area (Å²) in [6.45, 7) is 4.01. The molecule has 0 bridgehead atoms. The minimum absolute atomic E-state index is 0.00841. The second-order valence-electron chi connectivity index (χ2n) is 6.55. The number of carboxylic acids is 1. The Morgan fingerprint density at radius 2 is 1.79 bits per heavy atom. The first kappa shape index (κ1) is 19.6. The minimum Gasteiger partial charge on any atom is -0.478 e. The maximum Gasteiger partial charge on any atom is 0.329 e. The van der Waals surface area contributed by atoms with Gasteiger partial charge in [0.2, 0.25) is 0 Å². The molecule has 5 heteroatoms. The highest BCUT2D eigenvalue weighted by atomic mass is 16.4. The number of carbonyl (C=O) groups is 2. The summed E-state index contributed by atoms with van der Waals surface area (Å²) >= 11 is 0. The fraction of sp³-hybridized carbons (Fsp3) is 0.579. The van der Waals surface area contributed by atoms with E-state index in [1.165, 1.54) is 19.3 Å². The van der Waals surface area contributed by atoms with Gasteiger partial charge in [0.15, 0.2) is 5.78 Å². The Kier molecular flexibility index (Phi) is 7.39. The van der Waals surface area contributed by atoms with Crippen LogP contribution in [0.3, 0.4) is 0 Å².